The minimum Gasteiger partial charge on any atom is -0.475 e. The lowest BCUT2D eigenvalue weighted by Crippen LogP contribution is -2.58. The summed E-state index contributed by atoms with van der Waals surface area (Å²) in [5, 5.41) is 14.2. The van der Waals surface area contributed by atoms with Crippen LogP contribution in [0, 0.1) is 5.41 Å². The number of nitrogens with zero attached hydrogens (tertiary/aromatic N) is 4. The van der Waals surface area contributed by atoms with Crippen LogP contribution in [0.3, 0.4) is 0 Å². The van der Waals surface area contributed by atoms with E-state index in [4.69, 9.17) is 19.8 Å². The third-order valence-corrected chi connectivity index (χ3v) is 5.79. The predicted octanol–water partition coefficient (Wildman–Crippen LogP) is 3.45. The van der Waals surface area contributed by atoms with Crippen LogP contribution in [0.2, 0.25) is 0 Å². The van der Waals surface area contributed by atoms with Gasteiger partial charge >= 0.3 is 24.3 Å². The largest absolute Gasteiger partial charge is 0.490 e. The number of rotatable bonds is 2. The predicted molar refractivity (Wildman–Crippen MR) is 115 cm³/mol. The van der Waals surface area contributed by atoms with Crippen LogP contribution in [0.25, 0.3) is 0 Å². The maximum atomic E-state index is 14.8. The number of imidazole rings is 1. The van der Waals surface area contributed by atoms with E-state index in [1.807, 2.05) is 17.0 Å². The summed E-state index contributed by atoms with van der Waals surface area (Å²) in [7, 11) is 0. The quantitative estimate of drug-likeness (QED) is 0.463. The number of likely N-dealkylation sites (tertiary alicyclic amines) is 1. The van der Waals surface area contributed by atoms with Crippen LogP contribution in [0.15, 0.2) is 36.9 Å². The van der Waals surface area contributed by atoms with Gasteiger partial charge in [0, 0.05) is 38.8 Å². The van der Waals surface area contributed by atoms with Crippen LogP contribution in [0.1, 0.15) is 23.3 Å². The molecule has 2 aromatic heterocycles. The lowest BCUT2D eigenvalue weighted by molar-refractivity contribution is -0.193. The minimum absolute atomic E-state index is 0.0428. The molecule has 2 aromatic rings. The highest BCUT2D eigenvalue weighted by molar-refractivity contribution is 5.92. The van der Waals surface area contributed by atoms with Gasteiger partial charge in [-0.2, -0.15) is 26.3 Å². The highest BCUT2D eigenvalue weighted by atomic mass is 19.4. The molecule has 1 unspecified atom stereocenters. The van der Waals surface area contributed by atoms with Crippen molar-refractivity contribution >= 4 is 23.7 Å². The molecule has 2 aliphatic rings. The first-order chi connectivity index (χ1) is 17.9. The fourth-order valence-corrected chi connectivity index (χ4v) is 3.85. The first-order valence-corrected chi connectivity index (χ1v) is 10.8. The molecule has 216 valence electrons. The molecule has 18 heteroatoms. The molecule has 2 fully saturated rings. The van der Waals surface area contributed by atoms with E-state index in [1.54, 1.807) is 12.3 Å². The maximum absolute atomic E-state index is 14.8. The number of amides is 1. The van der Waals surface area contributed by atoms with Gasteiger partial charge in [-0.3, -0.25) is 4.79 Å². The number of aromatic amines is 1. The second-order valence-electron chi connectivity index (χ2n) is 8.39. The van der Waals surface area contributed by atoms with Gasteiger partial charge in [0.2, 0.25) is 0 Å². The highest BCUT2D eigenvalue weighted by Gasteiger charge is 2.60. The van der Waals surface area contributed by atoms with Crippen molar-refractivity contribution in [2.75, 3.05) is 31.1 Å². The van der Waals surface area contributed by atoms with Crippen molar-refractivity contribution in [1.29, 1.82) is 0 Å². The number of aliphatic carboxylic acids is 2. The Bertz CT molecular complexity index is 1100. The van der Waals surface area contributed by atoms with Gasteiger partial charge in [0.15, 0.2) is 0 Å². The zero-order valence-corrected chi connectivity index (χ0v) is 19.6. The average molecular weight is 575 g/mol. The molecule has 3 N–H and O–H groups in total. The molecule has 4 rings (SSSR count). The Labute approximate surface area is 214 Å². The van der Waals surface area contributed by atoms with E-state index >= 15 is 0 Å². The number of carboxylic acid groups (broad SMARTS) is 2. The lowest BCUT2D eigenvalue weighted by atomic mass is 9.75. The Kier molecular flexibility index (Phi) is 9.46. The second-order valence-corrected chi connectivity index (χ2v) is 8.39. The summed E-state index contributed by atoms with van der Waals surface area (Å²) >= 11 is 0. The summed E-state index contributed by atoms with van der Waals surface area (Å²) < 4.78 is 93.1. The molecule has 2 saturated heterocycles. The third kappa shape index (κ3) is 8.00. The van der Waals surface area contributed by atoms with Gasteiger partial charge in [-0.25, -0.2) is 28.3 Å². The van der Waals surface area contributed by atoms with E-state index in [-0.39, 0.29) is 32.0 Å². The van der Waals surface area contributed by atoms with Crippen molar-refractivity contribution in [2.45, 2.75) is 31.1 Å². The van der Waals surface area contributed by atoms with Gasteiger partial charge < -0.3 is 25.0 Å². The summed E-state index contributed by atoms with van der Waals surface area (Å²) in [5.74, 6) is -7.89. The number of carboxylic acids is 2. The number of hydrogen-bond donors (Lipinski definition) is 3. The first kappa shape index (κ1) is 31.2. The third-order valence-electron chi connectivity index (χ3n) is 5.79. The van der Waals surface area contributed by atoms with Crippen LogP contribution < -0.4 is 4.90 Å². The Morgan fingerprint density at radius 2 is 1.51 bits per heavy atom. The number of H-pyrrole nitrogens is 1. The SMILES string of the molecule is O=C(O)C(F)(F)F.O=C(O)C(F)(F)F.O=C(c1cnc[nH]1)N1CCC(F)(F)C2(CCN(c3ccccn3)C2)C1. The Balaban J connectivity index is 0.000000317. The number of pyridine rings is 1. The van der Waals surface area contributed by atoms with Crippen LogP contribution >= 0.6 is 0 Å². The molecule has 0 bridgehead atoms. The molecule has 1 atom stereocenters. The summed E-state index contributed by atoms with van der Waals surface area (Å²) in [6.45, 7) is 0.805. The van der Waals surface area contributed by atoms with E-state index in [9.17, 15) is 39.9 Å². The van der Waals surface area contributed by atoms with Gasteiger partial charge in [0.25, 0.3) is 11.8 Å². The van der Waals surface area contributed by atoms with Crippen LogP contribution in [-0.4, -0.2) is 92.4 Å². The van der Waals surface area contributed by atoms with Gasteiger partial charge in [-0.15, -0.1) is 0 Å². The summed E-state index contributed by atoms with van der Waals surface area (Å²) in [5.41, 5.74) is -0.904. The molecule has 1 amide bonds. The van der Waals surface area contributed by atoms with Crippen molar-refractivity contribution in [3.05, 3.63) is 42.6 Å². The van der Waals surface area contributed by atoms with Gasteiger partial charge in [-0.05, 0) is 18.6 Å². The smallest absolute Gasteiger partial charge is 0.475 e. The number of carbonyl (C=O) groups excluding carboxylic acids is 1. The Hall–Kier alpha value is -3.99. The van der Waals surface area contributed by atoms with E-state index in [2.05, 4.69) is 15.0 Å². The Morgan fingerprint density at radius 1 is 0.923 bits per heavy atom. The van der Waals surface area contributed by atoms with Crippen molar-refractivity contribution < 1.29 is 59.7 Å². The number of halogens is 8. The van der Waals surface area contributed by atoms with Gasteiger partial charge in [0.05, 0.1) is 17.9 Å². The number of alkyl halides is 8. The minimum atomic E-state index is -5.08. The van der Waals surface area contributed by atoms with Crippen molar-refractivity contribution in [1.82, 2.24) is 19.9 Å². The standard InChI is InChI=1S/C17H19F2N5O.2C2HF3O2/c18-17(19)5-8-24(15(25)13-9-20-12-22-13)11-16(17)4-7-23(10-16)14-3-1-2-6-21-14;2*3-2(4,5)1(6)7/h1-3,6,9,12H,4-5,7-8,10-11H2,(H,20,22);2*(H,6,7). The molecule has 0 saturated carbocycles. The zero-order chi connectivity index (χ0) is 29.6. The maximum Gasteiger partial charge on any atom is 0.490 e. The summed E-state index contributed by atoms with van der Waals surface area (Å²) in [4.78, 5) is 44.6. The normalized spacial score (nSPS) is 20.4. The number of nitrogens with one attached hydrogen (secondary N) is 1. The molecule has 2 aliphatic heterocycles. The molecular formula is C21H21F8N5O5. The van der Waals surface area contributed by atoms with E-state index < -0.39 is 35.6 Å². The average Bonchev–Trinajstić information content (AvgIpc) is 3.52. The number of carbonyl (C=O) groups is 3. The highest BCUT2D eigenvalue weighted by Crippen LogP contribution is 2.50. The van der Waals surface area contributed by atoms with Crippen molar-refractivity contribution in [3.63, 3.8) is 0 Å². The lowest BCUT2D eigenvalue weighted by Gasteiger charge is -2.45. The fraction of sp³-hybridized carbons (Fsp3) is 0.476. The van der Waals surface area contributed by atoms with E-state index in [1.165, 1.54) is 17.4 Å². The van der Waals surface area contributed by atoms with Crippen molar-refractivity contribution in [3.8, 4) is 0 Å². The number of hydrogen-bond acceptors (Lipinski definition) is 6. The molecule has 0 aliphatic carbocycles. The Morgan fingerprint density at radius 3 is 1.97 bits per heavy atom. The number of piperidine rings is 1. The van der Waals surface area contributed by atoms with E-state index in [0.717, 1.165) is 0 Å². The zero-order valence-electron chi connectivity index (χ0n) is 19.6. The number of anilines is 1. The number of aromatic nitrogens is 3. The molecule has 0 radical (unpaired) electrons. The topological polar surface area (TPSA) is 140 Å². The first-order valence-electron chi connectivity index (χ1n) is 10.8. The van der Waals surface area contributed by atoms with Crippen LogP contribution in [0.4, 0.5) is 40.9 Å². The monoisotopic (exact) mass is 575 g/mol. The second kappa shape index (κ2) is 11.8. The van der Waals surface area contributed by atoms with Crippen LogP contribution in [0.5, 0.6) is 0 Å². The molecule has 10 nitrogen and oxygen atoms in total. The molecule has 39 heavy (non-hydrogen) atoms. The van der Waals surface area contributed by atoms with Gasteiger partial charge in [-0.1, -0.05) is 6.07 Å². The van der Waals surface area contributed by atoms with Crippen molar-refractivity contribution in [2.24, 2.45) is 5.41 Å². The van der Waals surface area contributed by atoms with Crippen LogP contribution in [-0.2, 0) is 9.59 Å². The summed E-state index contributed by atoms with van der Waals surface area (Å²) in [6.07, 6.45) is -5.64. The molecule has 4 heterocycles. The molecular weight excluding hydrogens is 554 g/mol. The fourth-order valence-electron chi connectivity index (χ4n) is 3.85. The summed E-state index contributed by atoms with van der Waals surface area (Å²) in [6, 6.07) is 5.48. The molecule has 0 aromatic carbocycles. The van der Waals surface area contributed by atoms with E-state index in [0.29, 0.717) is 24.5 Å². The molecule has 1 spiro atoms. The van der Waals surface area contributed by atoms with Gasteiger partial charge in [0.1, 0.15) is 11.5 Å².